The zero-order valence-corrected chi connectivity index (χ0v) is 13.3. The van der Waals surface area contributed by atoms with E-state index in [2.05, 4.69) is 10.9 Å². The normalized spacial score (nSPS) is 19.7. The van der Waals surface area contributed by atoms with E-state index in [9.17, 15) is 4.79 Å². The summed E-state index contributed by atoms with van der Waals surface area (Å²) in [5, 5.41) is 4.74. The predicted molar refractivity (Wildman–Crippen MR) is 80.1 cm³/mol. The Morgan fingerprint density at radius 1 is 1.33 bits per heavy atom. The van der Waals surface area contributed by atoms with Gasteiger partial charge in [0.05, 0.1) is 18.3 Å². The van der Waals surface area contributed by atoms with E-state index in [4.69, 9.17) is 9.84 Å². The fourth-order valence-corrected chi connectivity index (χ4v) is 3.17. The fourth-order valence-electron chi connectivity index (χ4n) is 3.17. The van der Waals surface area contributed by atoms with Gasteiger partial charge in [-0.2, -0.15) is 5.10 Å². The van der Waals surface area contributed by atoms with Crippen molar-refractivity contribution in [1.82, 2.24) is 14.7 Å². The molecule has 3 rings (SSSR count). The van der Waals surface area contributed by atoms with Crippen LogP contribution in [0.5, 0.6) is 0 Å². The Labute approximate surface area is 126 Å². The summed E-state index contributed by atoms with van der Waals surface area (Å²) in [6.45, 7) is 7.02. The van der Waals surface area contributed by atoms with Crippen LogP contribution < -0.4 is 0 Å². The van der Waals surface area contributed by atoms with E-state index in [1.54, 1.807) is 4.90 Å². The standard InChI is InChI=1S/C16H25N3O2/c1-16(2,3)21-15(20)18-9-8-14-12(10-18)11-19(17-14)13-6-4-5-7-13/h11,13H,4-10H2,1-3H3. The van der Waals surface area contributed by atoms with Gasteiger partial charge in [-0.25, -0.2) is 4.79 Å². The molecule has 1 amide bonds. The lowest BCUT2D eigenvalue weighted by Gasteiger charge is -2.29. The molecular weight excluding hydrogens is 266 g/mol. The van der Waals surface area contributed by atoms with Crippen molar-refractivity contribution in [2.75, 3.05) is 6.54 Å². The number of amides is 1. The molecule has 0 unspecified atom stereocenters. The van der Waals surface area contributed by atoms with E-state index in [-0.39, 0.29) is 6.09 Å². The minimum Gasteiger partial charge on any atom is -0.444 e. The maximum absolute atomic E-state index is 12.2. The van der Waals surface area contributed by atoms with Crippen LogP contribution >= 0.6 is 0 Å². The fraction of sp³-hybridized carbons (Fsp3) is 0.750. The highest BCUT2D eigenvalue weighted by molar-refractivity contribution is 5.68. The minimum atomic E-state index is -0.439. The van der Waals surface area contributed by atoms with Gasteiger partial charge < -0.3 is 9.64 Å². The first-order valence-electron chi connectivity index (χ1n) is 7.97. The number of hydrogen-bond donors (Lipinski definition) is 0. The summed E-state index contributed by atoms with van der Waals surface area (Å²) < 4.78 is 7.59. The zero-order chi connectivity index (χ0) is 15.0. The van der Waals surface area contributed by atoms with Gasteiger partial charge in [-0.1, -0.05) is 12.8 Å². The van der Waals surface area contributed by atoms with E-state index < -0.39 is 5.60 Å². The molecule has 0 atom stereocenters. The number of fused-ring (bicyclic) bond motifs is 1. The number of hydrogen-bond acceptors (Lipinski definition) is 3. The molecule has 0 bridgehead atoms. The third-order valence-corrected chi connectivity index (χ3v) is 4.23. The summed E-state index contributed by atoms with van der Waals surface area (Å²) >= 11 is 0. The molecule has 1 aromatic heterocycles. The molecule has 5 nitrogen and oxygen atoms in total. The third-order valence-electron chi connectivity index (χ3n) is 4.23. The zero-order valence-electron chi connectivity index (χ0n) is 13.3. The molecule has 1 saturated carbocycles. The molecule has 2 aliphatic rings. The smallest absolute Gasteiger partial charge is 0.410 e. The van der Waals surface area contributed by atoms with Gasteiger partial charge >= 0.3 is 6.09 Å². The second-order valence-electron chi connectivity index (χ2n) is 7.17. The lowest BCUT2D eigenvalue weighted by atomic mass is 10.1. The highest BCUT2D eigenvalue weighted by Crippen LogP contribution is 2.30. The van der Waals surface area contributed by atoms with Gasteiger partial charge in [0.2, 0.25) is 0 Å². The van der Waals surface area contributed by atoms with E-state index in [0.717, 1.165) is 12.1 Å². The van der Waals surface area contributed by atoms with Crippen molar-refractivity contribution in [1.29, 1.82) is 0 Å². The lowest BCUT2D eigenvalue weighted by Crippen LogP contribution is -2.39. The molecule has 1 aromatic rings. The van der Waals surface area contributed by atoms with E-state index in [0.29, 0.717) is 19.1 Å². The van der Waals surface area contributed by atoms with Gasteiger partial charge in [-0.05, 0) is 33.6 Å². The van der Waals surface area contributed by atoms with Gasteiger partial charge in [0.15, 0.2) is 0 Å². The minimum absolute atomic E-state index is 0.221. The van der Waals surface area contributed by atoms with Crippen LogP contribution in [0.2, 0.25) is 0 Å². The van der Waals surface area contributed by atoms with Crippen LogP contribution in [0.25, 0.3) is 0 Å². The first-order chi connectivity index (χ1) is 9.92. The summed E-state index contributed by atoms with van der Waals surface area (Å²) in [5.74, 6) is 0. The monoisotopic (exact) mass is 291 g/mol. The first-order valence-corrected chi connectivity index (χ1v) is 7.97. The number of carbonyl (C=O) groups excluding carboxylic acids is 1. The Balaban J connectivity index is 1.69. The maximum Gasteiger partial charge on any atom is 0.410 e. The van der Waals surface area contributed by atoms with E-state index in [1.165, 1.54) is 31.2 Å². The molecule has 0 aromatic carbocycles. The largest absolute Gasteiger partial charge is 0.444 e. The van der Waals surface area contributed by atoms with Gasteiger partial charge in [-0.3, -0.25) is 4.68 Å². The van der Waals surface area contributed by atoms with Crippen LogP contribution in [-0.4, -0.2) is 32.9 Å². The lowest BCUT2D eigenvalue weighted by molar-refractivity contribution is 0.0223. The van der Waals surface area contributed by atoms with Crippen molar-refractivity contribution in [3.63, 3.8) is 0 Å². The van der Waals surface area contributed by atoms with Crippen LogP contribution in [0.3, 0.4) is 0 Å². The van der Waals surface area contributed by atoms with Crippen molar-refractivity contribution in [2.45, 2.75) is 71.1 Å². The summed E-state index contributed by atoms with van der Waals surface area (Å²) in [5.41, 5.74) is 1.89. The van der Waals surface area contributed by atoms with E-state index in [1.807, 2.05) is 20.8 Å². The summed E-state index contributed by atoms with van der Waals surface area (Å²) in [7, 11) is 0. The third kappa shape index (κ3) is 3.22. The Morgan fingerprint density at radius 2 is 2.05 bits per heavy atom. The van der Waals surface area contributed by atoms with Gasteiger partial charge in [0, 0.05) is 24.7 Å². The summed E-state index contributed by atoms with van der Waals surface area (Å²) in [4.78, 5) is 13.9. The number of aromatic nitrogens is 2. The average Bonchev–Trinajstić information content (AvgIpc) is 3.04. The number of carbonyl (C=O) groups is 1. The quantitative estimate of drug-likeness (QED) is 0.797. The molecule has 2 heterocycles. The SMILES string of the molecule is CC(C)(C)OC(=O)N1CCc2nn(C3CCCC3)cc2C1. The Morgan fingerprint density at radius 3 is 2.71 bits per heavy atom. The molecule has 1 fully saturated rings. The highest BCUT2D eigenvalue weighted by Gasteiger charge is 2.28. The van der Waals surface area contributed by atoms with Crippen LogP contribution in [0.1, 0.15) is 63.8 Å². The Kier molecular flexibility index (Phi) is 3.68. The van der Waals surface area contributed by atoms with Crippen molar-refractivity contribution in [2.24, 2.45) is 0 Å². The van der Waals surface area contributed by atoms with Crippen LogP contribution in [0.15, 0.2) is 6.20 Å². The first kappa shape index (κ1) is 14.4. The summed E-state index contributed by atoms with van der Waals surface area (Å²) in [6.07, 6.45) is 7.82. The van der Waals surface area contributed by atoms with Crippen molar-refractivity contribution in [3.8, 4) is 0 Å². The summed E-state index contributed by atoms with van der Waals surface area (Å²) in [6, 6.07) is 0.561. The van der Waals surface area contributed by atoms with E-state index >= 15 is 0 Å². The van der Waals surface area contributed by atoms with Gasteiger partial charge in [0.1, 0.15) is 5.60 Å². The molecule has 0 saturated heterocycles. The highest BCUT2D eigenvalue weighted by atomic mass is 16.6. The van der Waals surface area contributed by atoms with Gasteiger partial charge in [-0.15, -0.1) is 0 Å². The average molecular weight is 291 g/mol. The Hall–Kier alpha value is -1.52. The Bertz CT molecular complexity index is 524. The van der Waals surface area contributed by atoms with Crippen LogP contribution in [-0.2, 0) is 17.7 Å². The second kappa shape index (κ2) is 5.35. The topological polar surface area (TPSA) is 47.4 Å². The van der Waals surface area contributed by atoms with Crippen LogP contribution in [0, 0.1) is 0 Å². The number of rotatable bonds is 1. The molecule has 1 aliphatic heterocycles. The molecule has 116 valence electrons. The van der Waals surface area contributed by atoms with Crippen molar-refractivity contribution in [3.05, 3.63) is 17.5 Å². The molecule has 0 radical (unpaired) electrons. The molecule has 1 aliphatic carbocycles. The second-order valence-corrected chi connectivity index (χ2v) is 7.17. The molecule has 0 N–H and O–H groups in total. The number of ether oxygens (including phenoxy) is 1. The van der Waals surface area contributed by atoms with Crippen LogP contribution in [0.4, 0.5) is 4.79 Å². The molecule has 21 heavy (non-hydrogen) atoms. The molecule has 5 heteroatoms. The molecular formula is C16H25N3O2. The van der Waals surface area contributed by atoms with Crippen molar-refractivity contribution < 1.29 is 9.53 Å². The number of nitrogens with zero attached hydrogens (tertiary/aromatic N) is 3. The predicted octanol–water partition coefficient (Wildman–Crippen LogP) is 3.29. The molecule has 0 spiro atoms. The van der Waals surface area contributed by atoms with Crippen molar-refractivity contribution >= 4 is 6.09 Å². The maximum atomic E-state index is 12.2. The van der Waals surface area contributed by atoms with Gasteiger partial charge in [0.25, 0.3) is 0 Å².